The minimum absolute atomic E-state index is 0.0537. The van der Waals surface area contributed by atoms with E-state index < -0.39 is 0 Å². The average molecular weight is 395 g/mol. The van der Waals surface area contributed by atoms with Crippen molar-refractivity contribution in [2.24, 2.45) is 0 Å². The Morgan fingerprint density at radius 2 is 1.76 bits per heavy atom. The summed E-state index contributed by atoms with van der Waals surface area (Å²) >= 11 is 0. The molecule has 0 aromatic heterocycles. The molecule has 1 saturated heterocycles. The number of nitrogens with one attached hydrogen (secondary N) is 1. The average Bonchev–Trinajstić information content (AvgIpc) is 2.70. The molecular formula is C24H34N4O. The molecule has 5 nitrogen and oxygen atoms in total. The van der Waals surface area contributed by atoms with Crippen molar-refractivity contribution in [3.05, 3.63) is 54.1 Å². The molecule has 0 spiro atoms. The molecule has 0 unspecified atom stereocenters. The second-order valence-electron chi connectivity index (χ2n) is 8.08. The Morgan fingerprint density at radius 3 is 2.34 bits per heavy atom. The highest BCUT2D eigenvalue weighted by Gasteiger charge is 2.19. The Hall–Kier alpha value is -2.53. The van der Waals surface area contributed by atoms with E-state index in [1.54, 1.807) is 0 Å². The van der Waals surface area contributed by atoms with Crippen molar-refractivity contribution in [1.29, 1.82) is 0 Å². The molecule has 0 atom stereocenters. The van der Waals surface area contributed by atoms with Crippen LogP contribution in [-0.2, 0) is 4.79 Å². The van der Waals surface area contributed by atoms with Crippen molar-refractivity contribution in [3.63, 3.8) is 0 Å². The van der Waals surface area contributed by atoms with Gasteiger partial charge in [-0.3, -0.25) is 9.69 Å². The summed E-state index contributed by atoms with van der Waals surface area (Å²) in [4.78, 5) is 19.4. The predicted octanol–water partition coefficient (Wildman–Crippen LogP) is 3.99. The molecule has 1 amide bonds. The van der Waals surface area contributed by atoms with Crippen molar-refractivity contribution in [2.75, 3.05) is 54.4 Å². The second kappa shape index (κ2) is 9.79. The summed E-state index contributed by atoms with van der Waals surface area (Å²) in [6.07, 6.45) is 0. The number of benzene rings is 2. The van der Waals surface area contributed by atoms with Crippen LogP contribution in [0.1, 0.15) is 26.3 Å². The molecule has 1 heterocycles. The van der Waals surface area contributed by atoms with Gasteiger partial charge in [-0.15, -0.1) is 0 Å². The Morgan fingerprint density at radius 1 is 1.07 bits per heavy atom. The van der Waals surface area contributed by atoms with Gasteiger partial charge in [-0.05, 0) is 69.7 Å². The number of anilines is 3. The molecule has 0 saturated carbocycles. The molecule has 2 aromatic rings. The Labute approximate surface area is 175 Å². The third kappa shape index (κ3) is 5.73. The number of rotatable bonds is 7. The molecular weight excluding hydrogens is 360 g/mol. The first-order valence-electron chi connectivity index (χ1n) is 10.7. The quantitative estimate of drug-likeness (QED) is 0.771. The SMILES string of the molecule is CCN(c1ccc(NC(=O)CN2CCN(c3cccc(C)c3)CC2)cc1)C(C)C. The summed E-state index contributed by atoms with van der Waals surface area (Å²) in [5.74, 6) is 0.0537. The Balaban J connectivity index is 1.48. The smallest absolute Gasteiger partial charge is 0.238 e. The van der Waals surface area contributed by atoms with Gasteiger partial charge in [0.05, 0.1) is 6.54 Å². The largest absolute Gasteiger partial charge is 0.369 e. The summed E-state index contributed by atoms with van der Waals surface area (Å²) in [5, 5.41) is 3.04. The molecule has 5 heteroatoms. The number of amides is 1. The molecule has 1 N–H and O–H groups in total. The first-order chi connectivity index (χ1) is 14.0. The van der Waals surface area contributed by atoms with Crippen LogP contribution < -0.4 is 15.1 Å². The zero-order chi connectivity index (χ0) is 20.8. The lowest BCUT2D eigenvalue weighted by Crippen LogP contribution is -2.48. The van der Waals surface area contributed by atoms with Crippen molar-refractivity contribution < 1.29 is 4.79 Å². The van der Waals surface area contributed by atoms with E-state index in [4.69, 9.17) is 0 Å². The standard InChI is InChI=1S/C24H34N4O/c1-5-28(19(2)3)22-11-9-21(10-12-22)25-24(29)18-26-13-15-27(16-14-26)23-8-6-7-20(4)17-23/h6-12,17,19H,5,13-16,18H2,1-4H3,(H,25,29). The summed E-state index contributed by atoms with van der Waals surface area (Å²) in [7, 11) is 0. The summed E-state index contributed by atoms with van der Waals surface area (Å²) in [5.41, 5.74) is 4.60. The van der Waals surface area contributed by atoms with Crippen LogP contribution in [0.15, 0.2) is 48.5 Å². The first-order valence-corrected chi connectivity index (χ1v) is 10.7. The number of hydrogen-bond donors (Lipinski definition) is 1. The van der Waals surface area contributed by atoms with Crippen LogP contribution in [0.5, 0.6) is 0 Å². The highest BCUT2D eigenvalue weighted by atomic mass is 16.2. The Bertz CT molecular complexity index is 795. The third-order valence-electron chi connectivity index (χ3n) is 5.55. The van der Waals surface area contributed by atoms with Crippen molar-refractivity contribution in [3.8, 4) is 0 Å². The molecule has 0 aliphatic carbocycles. The van der Waals surface area contributed by atoms with Gasteiger partial charge in [0.2, 0.25) is 5.91 Å². The van der Waals surface area contributed by atoms with Crippen LogP contribution in [0.3, 0.4) is 0 Å². The molecule has 1 aliphatic heterocycles. The first kappa shape index (κ1) is 21.2. The zero-order valence-electron chi connectivity index (χ0n) is 18.2. The minimum Gasteiger partial charge on any atom is -0.369 e. The summed E-state index contributed by atoms with van der Waals surface area (Å²) in [6.45, 7) is 13.8. The van der Waals surface area contributed by atoms with E-state index in [0.717, 1.165) is 38.4 Å². The predicted molar refractivity (Wildman–Crippen MR) is 123 cm³/mol. The van der Waals surface area contributed by atoms with Crippen LogP contribution >= 0.6 is 0 Å². The maximum atomic E-state index is 12.5. The van der Waals surface area contributed by atoms with E-state index in [-0.39, 0.29) is 5.91 Å². The van der Waals surface area contributed by atoms with Crippen LogP contribution in [0.25, 0.3) is 0 Å². The van der Waals surface area contributed by atoms with Crippen LogP contribution in [-0.4, -0.2) is 56.1 Å². The lowest BCUT2D eigenvalue weighted by Gasteiger charge is -2.35. The van der Waals surface area contributed by atoms with E-state index in [1.165, 1.54) is 16.9 Å². The molecule has 0 bridgehead atoms. The number of hydrogen-bond acceptors (Lipinski definition) is 4. The highest BCUT2D eigenvalue weighted by molar-refractivity contribution is 5.92. The van der Waals surface area contributed by atoms with Crippen molar-refractivity contribution >= 4 is 23.0 Å². The van der Waals surface area contributed by atoms with Gasteiger partial charge in [-0.25, -0.2) is 0 Å². The lowest BCUT2D eigenvalue weighted by atomic mass is 10.2. The second-order valence-corrected chi connectivity index (χ2v) is 8.08. The molecule has 156 valence electrons. The fraction of sp³-hybridized carbons (Fsp3) is 0.458. The van der Waals surface area contributed by atoms with Gasteiger partial charge in [-0.1, -0.05) is 12.1 Å². The maximum Gasteiger partial charge on any atom is 0.238 e. The molecule has 1 fully saturated rings. The van der Waals surface area contributed by atoms with Gasteiger partial charge in [0, 0.05) is 55.8 Å². The van der Waals surface area contributed by atoms with Gasteiger partial charge in [0.15, 0.2) is 0 Å². The zero-order valence-corrected chi connectivity index (χ0v) is 18.2. The van der Waals surface area contributed by atoms with Gasteiger partial charge >= 0.3 is 0 Å². The molecule has 2 aromatic carbocycles. The van der Waals surface area contributed by atoms with E-state index >= 15 is 0 Å². The summed E-state index contributed by atoms with van der Waals surface area (Å²) < 4.78 is 0. The van der Waals surface area contributed by atoms with E-state index in [0.29, 0.717) is 12.6 Å². The number of nitrogens with zero attached hydrogens (tertiary/aromatic N) is 3. The van der Waals surface area contributed by atoms with E-state index in [2.05, 4.69) is 84.1 Å². The topological polar surface area (TPSA) is 38.8 Å². The molecule has 29 heavy (non-hydrogen) atoms. The fourth-order valence-electron chi connectivity index (χ4n) is 3.97. The molecule has 1 aliphatic rings. The van der Waals surface area contributed by atoms with Crippen molar-refractivity contribution in [1.82, 2.24) is 4.90 Å². The monoisotopic (exact) mass is 394 g/mol. The lowest BCUT2D eigenvalue weighted by molar-refractivity contribution is -0.117. The molecule has 0 radical (unpaired) electrons. The number of aryl methyl sites for hydroxylation is 1. The van der Waals surface area contributed by atoms with Gasteiger partial charge < -0.3 is 15.1 Å². The van der Waals surface area contributed by atoms with Crippen LogP contribution in [0, 0.1) is 6.92 Å². The van der Waals surface area contributed by atoms with Crippen molar-refractivity contribution in [2.45, 2.75) is 33.7 Å². The van der Waals surface area contributed by atoms with Crippen LogP contribution in [0.2, 0.25) is 0 Å². The number of carbonyl (C=O) groups excluding carboxylic acids is 1. The van der Waals surface area contributed by atoms with Crippen LogP contribution in [0.4, 0.5) is 17.1 Å². The highest BCUT2D eigenvalue weighted by Crippen LogP contribution is 2.20. The fourth-order valence-corrected chi connectivity index (χ4v) is 3.97. The van der Waals surface area contributed by atoms with Gasteiger partial charge in [0.1, 0.15) is 0 Å². The minimum atomic E-state index is 0.0537. The van der Waals surface area contributed by atoms with Gasteiger partial charge in [-0.2, -0.15) is 0 Å². The maximum absolute atomic E-state index is 12.5. The van der Waals surface area contributed by atoms with Gasteiger partial charge in [0.25, 0.3) is 0 Å². The van der Waals surface area contributed by atoms with E-state index in [9.17, 15) is 4.79 Å². The Kier molecular flexibility index (Phi) is 7.15. The summed E-state index contributed by atoms with van der Waals surface area (Å²) in [6, 6.07) is 17.2. The third-order valence-corrected chi connectivity index (χ3v) is 5.55. The number of piperazine rings is 1. The number of carbonyl (C=O) groups is 1. The van der Waals surface area contributed by atoms with E-state index in [1.807, 2.05) is 12.1 Å². The normalized spacial score (nSPS) is 14.9. The molecule has 3 rings (SSSR count).